The van der Waals surface area contributed by atoms with Gasteiger partial charge in [-0.2, -0.15) is 0 Å². The number of cyclic esters (lactones) is 1. The largest absolute Gasteiger partial charge is 0.459 e. The van der Waals surface area contributed by atoms with Crippen LogP contribution in [0.3, 0.4) is 0 Å². The number of nitrogens with one attached hydrogen (secondary N) is 1. The molecule has 0 spiro atoms. The van der Waals surface area contributed by atoms with Crippen molar-refractivity contribution < 1.29 is 63.9 Å². The van der Waals surface area contributed by atoms with E-state index < -0.39 is 108 Å². The second kappa shape index (κ2) is 22.7. The van der Waals surface area contributed by atoms with Crippen molar-refractivity contribution in [1.29, 1.82) is 0 Å². The first kappa shape index (κ1) is 53.2. The highest BCUT2D eigenvalue weighted by atomic mass is 16.7. The quantitative estimate of drug-likeness (QED) is 0.0984. The molecule has 0 radical (unpaired) electrons. The topological polar surface area (TPSA) is 212 Å². The summed E-state index contributed by atoms with van der Waals surface area (Å²) in [6.07, 6.45) is -7.60. The van der Waals surface area contributed by atoms with E-state index in [0.29, 0.717) is 26.1 Å². The predicted molar refractivity (Wildman–Crippen MR) is 227 cm³/mol. The number of carbonyl (C=O) groups is 1. The highest BCUT2D eigenvalue weighted by molar-refractivity contribution is 5.73. The van der Waals surface area contributed by atoms with Crippen LogP contribution in [0.1, 0.15) is 115 Å². The SMILES string of the molecule is CCCCNCC(O)CN(C)C1C[C@@H](C)O[C@@H](O[C@@H]2[C@@H](C)[C@H](O[C@H]3C[C@@](C)(OC)[C@@H](O)[C@H](C)O3)[C@@H](C)C(=O)O[C@H](CC)[C@@](C)(O)[C@H](O)[C@@H](C)N(C)C[C@H](C)C[C@@]2(C)O)[C@@H]1O. The number of hydrogen-bond donors (Lipinski definition) is 7. The number of rotatable bonds is 14. The van der Waals surface area contributed by atoms with E-state index in [-0.39, 0.29) is 31.3 Å². The van der Waals surface area contributed by atoms with Gasteiger partial charge in [-0.05, 0) is 101 Å². The molecule has 0 aromatic heterocycles. The Balaban J connectivity index is 2.11. The molecule has 60 heavy (non-hydrogen) atoms. The lowest BCUT2D eigenvalue weighted by Gasteiger charge is -2.49. The fourth-order valence-electron chi connectivity index (χ4n) is 9.76. The smallest absolute Gasteiger partial charge is 0.311 e. The first-order valence-corrected chi connectivity index (χ1v) is 22.5. The Kier molecular flexibility index (Phi) is 20.1. The maximum absolute atomic E-state index is 14.4. The highest BCUT2D eigenvalue weighted by Crippen LogP contribution is 2.40. The summed E-state index contributed by atoms with van der Waals surface area (Å²) in [4.78, 5) is 18.2. The van der Waals surface area contributed by atoms with E-state index in [2.05, 4.69) is 12.2 Å². The summed E-state index contributed by atoms with van der Waals surface area (Å²) in [5.41, 5.74) is -4.49. The number of ether oxygens (including phenoxy) is 6. The van der Waals surface area contributed by atoms with Crippen LogP contribution in [0.5, 0.6) is 0 Å². The first-order valence-electron chi connectivity index (χ1n) is 22.5. The van der Waals surface area contributed by atoms with Gasteiger partial charge in [-0.25, -0.2) is 0 Å². The zero-order valence-electron chi connectivity index (χ0n) is 39.2. The Morgan fingerprint density at radius 1 is 0.983 bits per heavy atom. The first-order chi connectivity index (χ1) is 27.8. The summed E-state index contributed by atoms with van der Waals surface area (Å²) in [6.45, 7) is 21.6. The molecule has 19 atom stereocenters. The number of esters is 1. The van der Waals surface area contributed by atoms with Crippen molar-refractivity contribution in [3.8, 4) is 0 Å². The van der Waals surface area contributed by atoms with Crippen LogP contribution in [0.15, 0.2) is 0 Å². The third-order valence-corrected chi connectivity index (χ3v) is 13.7. The van der Waals surface area contributed by atoms with Crippen LogP contribution in [0.4, 0.5) is 0 Å². The number of likely N-dealkylation sites (N-methyl/N-ethyl adjacent to an activating group) is 2. The molecule has 0 bridgehead atoms. The van der Waals surface area contributed by atoms with Crippen molar-refractivity contribution in [2.45, 2.75) is 211 Å². The second-order valence-electron chi connectivity index (χ2n) is 19.4. The van der Waals surface area contributed by atoms with Crippen molar-refractivity contribution in [3.05, 3.63) is 0 Å². The van der Waals surface area contributed by atoms with Gasteiger partial charge in [0, 0.05) is 51.2 Å². The summed E-state index contributed by atoms with van der Waals surface area (Å²) in [6, 6.07) is -1.02. The standard InChI is InChI=1S/C44H85N3O13/c1-15-17-18-45-22-31(48)24-47(13)32-19-26(4)56-41(35(32)49)60-39-27(5)36(59-34-21-43(10,55-14)38(51)30(8)57-34)28(6)40(52)58-33(16-2)44(11,54)37(50)29(7)46(12)23-25(3)20-42(39,9)53/h25-39,41,45,48-51,53-54H,15-24H2,1-14H3/t25-,26-,27+,28-,29-,30+,31?,32?,33-,34+,35-,36+,37-,38+,39-,41+,42-,43-,44-/m1/s1. The number of nitrogens with zero attached hydrogens (tertiary/aromatic N) is 2. The Labute approximate surface area is 360 Å². The number of hydrogen-bond acceptors (Lipinski definition) is 16. The predicted octanol–water partition coefficient (Wildman–Crippen LogP) is 2.02. The molecule has 2 unspecified atom stereocenters. The number of methoxy groups -OCH3 is 1. The number of carbonyl (C=O) groups excluding carboxylic acids is 1. The van der Waals surface area contributed by atoms with Crippen molar-refractivity contribution in [2.75, 3.05) is 47.4 Å². The molecule has 0 amide bonds. The molecule has 0 aliphatic carbocycles. The van der Waals surface area contributed by atoms with Gasteiger partial charge in [-0.15, -0.1) is 0 Å². The third-order valence-electron chi connectivity index (χ3n) is 13.7. The molecule has 0 saturated carbocycles. The van der Waals surface area contributed by atoms with E-state index in [0.717, 1.165) is 19.4 Å². The average molecular weight is 864 g/mol. The lowest BCUT2D eigenvalue weighted by molar-refractivity contribution is -0.318. The Morgan fingerprint density at radius 3 is 2.23 bits per heavy atom. The minimum Gasteiger partial charge on any atom is -0.459 e. The van der Waals surface area contributed by atoms with Crippen molar-refractivity contribution >= 4 is 5.97 Å². The van der Waals surface area contributed by atoms with Crippen LogP contribution in [-0.4, -0.2) is 190 Å². The maximum atomic E-state index is 14.4. The van der Waals surface area contributed by atoms with Gasteiger partial charge in [-0.3, -0.25) is 9.69 Å². The number of aliphatic hydroxyl groups excluding tert-OH is 4. The molecule has 3 fully saturated rings. The lowest BCUT2D eigenvalue weighted by Crippen LogP contribution is -2.61. The van der Waals surface area contributed by atoms with Gasteiger partial charge in [0.2, 0.25) is 0 Å². The lowest BCUT2D eigenvalue weighted by atomic mass is 9.77. The normalized spacial score (nSPS) is 45.1. The Hall–Kier alpha value is -1.09. The van der Waals surface area contributed by atoms with Gasteiger partial charge >= 0.3 is 5.97 Å². The van der Waals surface area contributed by atoms with E-state index in [1.807, 2.05) is 44.7 Å². The fraction of sp³-hybridized carbons (Fsp3) is 0.977. The Bertz CT molecular complexity index is 1300. The summed E-state index contributed by atoms with van der Waals surface area (Å²) in [7, 11) is 5.19. The van der Waals surface area contributed by atoms with Crippen LogP contribution < -0.4 is 5.32 Å². The molecule has 3 aliphatic rings. The van der Waals surface area contributed by atoms with E-state index in [9.17, 15) is 35.4 Å². The van der Waals surface area contributed by atoms with Crippen LogP contribution in [0.2, 0.25) is 0 Å². The van der Waals surface area contributed by atoms with Gasteiger partial charge in [0.1, 0.15) is 30.0 Å². The van der Waals surface area contributed by atoms with E-state index >= 15 is 0 Å². The van der Waals surface area contributed by atoms with Gasteiger partial charge in [-0.1, -0.05) is 34.1 Å². The molecule has 16 nitrogen and oxygen atoms in total. The molecule has 7 N–H and O–H groups in total. The third kappa shape index (κ3) is 13.2. The van der Waals surface area contributed by atoms with Crippen molar-refractivity contribution in [1.82, 2.24) is 15.1 Å². The molecular formula is C44H85N3O13. The van der Waals surface area contributed by atoms with Gasteiger partial charge < -0.3 is 69.3 Å². The zero-order valence-corrected chi connectivity index (χ0v) is 39.2. The molecule has 0 aromatic rings. The molecule has 16 heteroatoms. The van der Waals surface area contributed by atoms with Crippen LogP contribution in [0.25, 0.3) is 0 Å². The van der Waals surface area contributed by atoms with Crippen LogP contribution >= 0.6 is 0 Å². The zero-order chi connectivity index (χ0) is 45.5. The van der Waals surface area contributed by atoms with Crippen LogP contribution in [0, 0.1) is 17.8 Å². The van der Waals surface area contributed by atoms with Crippen molar-refractivity contribution in [3.63, 3.8) is 0 Å². The van der Waals surface area contributed by atoms with Crippen LogP contribution in [-0.2, 0) is 33.2 Å². The number of unbranched alkanes of at least 4 members (excludes halogenated alkanes) is 1. The minimum atomic E-state index is -1.82. The Morgan fingerprint density at radius 2 is 1.63 bits per heavy atom. The number of aliphatic hydroxyl groups is 6. The average Bonchev–Trinajstić information content (AvgIpc) is 3.17. The van der Waals surface area contributed by atoms with Gasteiger partial charge in [0.25, 0.3) is 0 Å². The summed E-state index contributed by atoms with van der Waals surface area (Å²) < 4.78 is 37.9. The molecule has 0 aromatic carbocycles. The summed E-state index contributed by atoms with van der Waals surface area (Å²) in [5, 5.41) is 73.2. The minimum absolute atomic E-state index is 0.109. The van der Waals surface area contributed by atoms with Gasteiger partial charge in [0.15, 0.2) is 12.6 Å². The van der Waals surface area contributed by atoms with Crippen molar-refractivity contribution in [2.24, 2.45) is 17.8 Å². The van der Waals surface area contributed by atoms with E-state index in [1.54, 1.807) is 41.5 Å². The molecule has 354 valence electrons. The second-order valence-corrected chi connectivity index (χ2v) is 19.4. The monoisotopic (exact) mass is 864 g/mol. The molecule has 3 saturated heterocycles. The van der Waals surface area contributed by atoms with E-state index in [1.165, 1.54) is 14.0 Å². The fourth-order valence-corrected chi connectivity index (χ4v) is 9.76. The maximum Gasteiger partial charge on any atom is 0.311 e. The van der Waals surface area contributed by atoms with Gasteiger partial charge in [0.05, 0.1) is 47.6 Å². The molecule has 3 heterocycles. The highest BCUT2D eigenvalue weighted by Gasteiger charge is 2.53. The summed E-state index contributed by atoms with van der Waals surface area (Å²) >= 11 is 0. The molecular weight excluding hydrogens is 778 g/mol. The molecule has 3 rings (SSSR count). The molecule has 3 aliphatic heterocycles. The van der Waals surface area contributed by atoms with E-state index in [4.69, 9.17) is 28.4 Å². The summed E-state index contributed by atoms with van der Waals surface area (Å²) in [5.74, 6) is -2.74.